The third kappa shape index (κ3) is 1.65. The van der Waals surface area contributed by atoms with E-state index in [4.69, 9.17) is 0 Å². The van der Waals surface area contributed by atoms with E-state index in [1.165, 1.54) is 0 Å². The van der Waals surface area contributed by atoms with Gasteiger partial charge >= 0.3 is 0 Å². The van der Waals surface area contributed by atoms with Crippen LogP contribution in [0.5, 0.6) is 0 Å². The fourth-order valence-electron chi connectivity index (χ4n) is 0.535. The predicted octanol–water partition coefficient (Wildman–Crippen LogP) is 1.22. The average molecular weight is 107 g/mol. The van der Waals surface area contributed by atoms with Gasteiger partial charge in [-0.3, -0.25) is 0 Å². The fraction of sp³-hybridized carbons (Fsp3) is 0.143. The zero-order chi connectivity index (χ0) is 5.66. The highest BCUT2D eigenvalue weighted by Gasteiger charge is 1.72. The number of nitrogens with one attached hydrogen (secondary N) is 1. The van der Waals surface area contributed by atoms with E-state index in [1.54, 1.807) is 0 Å². The first-order valence-electron chi connectivity index (χ1n) is 2.72. The van der Waals surface area contributed by atoms with Crippen LogP contribution in [-0.2, 0) is 0 Å². The zero-order valence-electron chi connectivity index (χ0n) is 4.67. The van der Waals surface area contributed by atoms with Gasteiger partial charge in [0, 0.05) is 6.54 Å². The van der Waals surface area contributed by atoms with Crippen LogP contribution in [0.4, 0.5) is 0 Å². The van der Waals surface area contributed by atoms with Gasteiger partial charge in [-0.2, -0.15) is 0 Å². The largest absolute Gasteiger partial charge is 0.387 e. The Bertz CT molecular complexity index is 115. The van der Waals surface area contributed by atoms with Gasteiger partial charge in [0.1, 0.15) is 0 Å². The van der Waals surface area contributed by atoms with E-state index in [9.17, 15) is 0 Å². The summed E-state index contributed by atoms with van der Waals surface area (Å²) >= 11 is 0. The highest BCUT2D eigenvalue weighted by molar-refractivity contribution is 5.13. The first-order valence-corrected chi connectivity index (χ1v) is 2.72. The molecule has 1 nitrogen and oxygen atoms in total. The summed E-state index contributed by atoms with van der Waals surface area (Å²) in [6, 6.07) is 0. The van der Waals surface area contributed by atoms with Gasteiger partial charge < -0.3 is 5.32 Å². The van der Waals surface area contributed by atoms with Crippen molar-refractivity contribution in [3.8, 4) is 0 Å². The second-order valence-electron chi connectivity index (χ2n) is 1.58. The average Bonchev–Trinajstić information content (AvgIpc) is 1.62. The Hall–Kier alpha value is -0.980. The van der Waals surface area contributed by atoms with Crippen molar-refractivity contribution < 1.29 is 0 Å². The van der Waals surface area contributed by atoms with Gasteiger partial charge in [0.2, 0.25) is 0 Å². The molecule has 0 bridgehead atoms. The minimum absolute atomic E-state index is 0.931. The number of hydrogen-bond acceptors (Lipinski definition) is 1. The van der Waals surface area contributed by atoms with Gasteiger partial charge in [-0.15, -0.1) is 0 Å². The lowest BCUT2D eigenvalue weighted by Gasteiger charge is -1.92. The number of allylic oxidation sites excluding steroid dienone is 4. The van der Waals surface area contributed by atoms with E-state index >= 15 is 0 Å². The molecule has 8 heavy (non-hydrogen) atoms. The molecule has 0 radical (unpaired) electrons. The molecular weight excluding hydrogens is 98.1 g/mol. The van der Waals surface area contributed by atoms with E-state index in [1.807, 2.05) is 30.5 Å². The third-order valence-electron chi connectivity index (χ3n) is 0.919. The van der Waals surface area contributed by atoms with E-state index in [2.05, 4.69) is 11.4 Å². The van der Waals surface area contributed by atoms with Crippen LogP contribution in [0.1, 0.15) is 0 Å². The second-order valence-corrected chi connectivity index (χ2v) is 1.58. The molecule has 0 atom stereocenters. The summed E-state index contributed by atoms with van der Waals surface area (Å²) in [6.45, 7) is 0.931. The highest BCUT2D eigenvalue weighted by atomic mass is 14.8. The van der Waals surface area contributed by atoms with Crippen molar-refractivity contribution >= 4 is 0 Å². The van der Waals surface area contributed by atoms with Crippen LogP contribution in [-0.4, -0.2) is 6.54 Å². The highest BCUT2D eigenvalue weighted by Crippen LogP contribution is 1.81. The SMILES string of the molecule is C1=C\C=C/NC\C=C/1. The Labute approximate surface area is 49.4 Å². The summed E-state index contributed by atoms with van der Waals surface area (Å²) in [6.07, 6.45) is 12.0. The maximum atomic E-state index is 3.07. The van der Waals surface area contributed by atoms with Crippen LogP contribution in [0.3, 0.4) is 0 Å². The smallest absolute Gasteiger partial charge is 0.0328 e. The monoisotopic (exact) mass is 107 g/mol. The Kier molecular flexibility index (Phi) is 1.99. The third-order valence-corrected chi connectivity index (χ3v) is 0.919. The maximum Gasteiger partial charge on any atom is 0.0328 e. The summed E-state index contributed by atoms with van der Waals surface area (Å²) in [5, 5.41) is 3.07. The molecule has 0 aromatic heterocycles. The van der Waals surface area contributed by atoms with Crippen molar-refractivity contribution in [2.24, 2.45) is 0 Å². The molecule has 1 rings (SSSR count). The van der Waals surface area contributed by atoms with Crippen molar-refractivity contribution in [3.63, 3.8) is 0 Å². The summed E-state index contributed by atoms with van der Waals surface area (Å²) in [5.74, 6) is 0. The molecular formula is C7H9N. The zero-order valence-corrected chi connectivity index (χ0v) is 4.67. The second kappa shape index (κ2) is 3.08. The molecule has 0 aromatic rings. The maximum absolute atomic E-state index is 3.07. The lowest BCUT2D eigenvalue weighted by molar-refractivity contribution is 0.984. The van der Waals surface area contributed by atoms with Crippen molar-refractivity contribution in [3.05, 3.63) is 36.6 Å². The van der Waals surface area contributed by atoms with Gasteiger partial charge in [0.15, 0.2) is 0 Å². The topological polar surface area (TPSA) is 12.0 Å². The van der Waals surface area contributed by atoms with Gasteiger partial charge in [-0.25, -0.2) is 0 Å². The number of hydrogen-bond donors (Lipinski definition) is 1. The van der Waals surface area contributed by atoms with E-state index in [-0.39, 0.29) is 0 Å². The standard InChI is InChI=1S/C7H9N/c1-2-4-6-8-7-5-3-1/h1-6,8H,7H2/b2-1-,5-3-,6-4-. The summed E-state index contributed by atoms with van der Waals surface area (Å²) in [5.41, 5.74) is 0. The molecule has 0 spiro atoms. The van der Waals surface area contributed by atoms with Crippen LogP contribution in [0.15, 0.2) is 36.6 Å². The molecule has 42 valence electrons. The Morgan fingerprint density at radius 1 is 1.00 bits per heavy atom. The Morgan fingerprint density at radius 2 is 1.88 bits per heavy atom. The first-order chi connectivity index (χ1) is 4.00. The lowest BCUT2D eigenvalue weighted by Crippen LogP contribution is -2.03. The predicted molar refractivity (Wildman–Crippen MR) is 35.4 cm³/mol. The van der Waals surface area contributed by atoms with Crippen LogP contribution < -0.4 is 5.32 Å². The molecule has 1 heterocycles. The molecule has 0 saturated carbocycles. The molecule has 1 N–H and O–H groups in total. The minimum atomic E-state index is 0.931. The number of rotatable bonds is 0. The molecule has 0 aliphatic carbocycles. The summed E-state index contributed by atoms with van der Waals surface area (Å²) in [7, 11) is 0. The molecule has 1 heteroatoms. The normalized spacial score (nSPS) is 29.0. The quantitative estimate of drug-likeness (QED) is 0.490. The first kappa shape index (κ1) is 5.16. The molecule has 0 aromatic carbocycles. The van der Waals surface area contributed by atoms with Crippen LogP contribution in [0.25, 0.3) is 0 Å². The summed E-state index contributed by atoms with van der Waals surface area (Å²) in [4.78, 5) is 0. The Balaban J connectivity index is 2.51. The van der Waals surface area contributed by atoms with Crippen molar-refractivity contribution in [2.75, 3.05) is 6.54 Å². The fourth-order valence-corrected chi connectivity index (χ4v) is 0.535. The van der Waals surface area contributed by atoms with E-state index < -0.39 is 0 Å². The van der Waals surface area contributed by atoms with Gasteiger partial charge in [0.25, 0.3) is 0 Å². The van der Waals surface area contributed by atoms with Crippen LogP contribution in [0, 0.1) is 0 Å². The van der Waals surface area contributed by atoms with Crippen LogP contribution in [0.2, 0.25) is 0 Å². The minimum Gasteiger partial charge on any atom is -0.387 e. The molecule has 0 amide bonds. The van der Waals surface area contributed by atoms with Crippen molar-refractivity contribution in [1.29, 1.82) is 0 Å². The Morgan fingerprint density at radius 3 is 2.88 bits per heavy atom. The molecule has 1 aliphatic rings. The summed E-state index contributed by atoms with van der Waals surface area (Å²) < 4.78 is 0. The molecule has 0 fully saturated rings. The molecule has 1 aliphatic heterocycles. The molecule has 0 unspecified atom stereocenters. The van der Waals surface area contributed by atoms with E-state index in [0.29, 0.717) is 0 Å². The van der Waals surface area contributed by atoms with Crippen molar-refractivity contribution in [1.82, 2.24) is 5.32 Å². The van der Waals surface area contributed by atoms with E-state index in [0.717, 1.165) is 6.54 Å². The van der Waals surface area contributed by atoms with Gasteiger partial charge in [-0.05, 0) is 12.3 Å². The van der Waals surface area contributed by atoms with Gasteiger partial charge in [0.05, 0.1) is 0 Å². The van der Waals surface area contributed by atoms with Crippen LogP contribution >= 0.6 is 0 Å². The van der Waals surface area contributed by atoms with Crippen molar-refractivity contribution in [2.45, 2.75) is 0 Å². The van der Waals surface area contributed by atoms with Gasteiger partial charge in [-0.1, -0.05) is 24.3 Å². The lowest BCUT2D eigenvalue weighted by atomic mass is 10.4. The molecule has 0 saturated heterocycles.